The highest BCUT2D eigenvalue weighted by Crippen LogP contribution is 2.19. The van der Waals surface area contributed by atoms with Crippen LogP contribution in [-0.2, 0) is 0 Å². The van der Waals surface area contributed by atoms with E-state index >= 15 is 0 Å². The van der Waals surface area contributed by atoms with Crippen molar-refractivity contribution in [3.63, 3.8) is 0 Å². The smallest absolute Gasteiger partial charge is 0.0992 e. The summed E-state index contributed by atoms with van der Waals surface area (Å²) >= 11 is 0. The highest BCUT2D eigenvalue weighted by molar-refractivity contribution is 5.49. The lowest BCUT2D eigenvalue weighted by molar-refractivity contribution is 0.172. The minimum absolute atomic E-state index is 0.551. The summed E-state index contributed by atoms with van der Waals surface area (Å²) in [5.74, 6) is 0. The van der Waals surface area contributed by atoms with Crippen LogP contribution < -0.4 is 11.1 Å². The Morgan fingerprint density at radius 1 is 1.20 bits per heavy atom. The molecule has 0 saturated heterocycles. The third-order valence-electron chi connectivity index (χ3n) is 3.03. The summed E-state index contributed by atoms with van der Waals surface area (Å²) in [6.07, 6.45) is 0.0189. The molecule has 0 aliphatic carbocycles. The van der Waals surface area contributed by atoms with Gasteiger partial charge in [-0.05, 0) is 42.3 Å². The molecule has 4 N–H and O–H groups in total. The minimum atomic E-state index is -0.551. The molecule has 0 fully saturated rings. The van der Waals surface area contributed by atoms with E-state index in [2.05, 4.69) is 11.4 Å². The van der Waals surface area contributed by atoms with Crippen LogP contribution in [0.15, 0.2) is 48.5 Å². The topological polar surface area (TPSA) is 82.1 Å². The largest absolute Gasteiger partial charge is 0.399 e. The summed E-state index contributed by atoms with van der Waals surface area (Å²) in [5.41, 5.74) is 8.65. The Morgan fingerprint density at radius 3 is 2.75 bits per heavy atom. The molecular formula is C16H17N3O. The fourth-order valence-electron chi connectivity index (χ4n) is 1.98. The first-order valence-electron chi connectivity index (χ1n) is 6.46. The molecule has 20 heavy (non-hydrogen) atoms. The van der Waals surface area contributed by atoms with E-state index < -0.39 is 6.10 Å². The Morgan fingerprint density at radius 2 is 2.00 bits per heavy atom. The van der Waals surface area contributed by atoms with Crippen molar-refractivity contribution < 1.29 is 5.11 Å². The Labute approximate surface area is 118 Å². The van der Waals surface area contributed by atoms with Crippen molar-refractivity contribution in [2.45, 2.75) is 12.5 Å². The molecule has 4 heteroatoms. The lowest BCUT2D eigenvalue weighted by Gasteiger charge is -2.13. The van der Waals surface area contributed by atoms with Crippen LogP contribution in [0, 0.1) is 11.3 Å². The van der Waals surface area contributed by atoms with E-state index in [1.54, 1.807) is 24.3 Å². The van der Waals surface area contributed by atoms with E-state index in [-0.39, 0.29) is 0 Å². The van der Waals surface area contributed by atoms with Crippen molar-refractivity contribution in [1.82, 2.24) is 0 Å². The van der Waals surface area contributed by atoms with Gasteiger partial charge in [-0.3, -0.25) is 0 Å². The predicted molar refractivity (Wildman–Crippen MR) is 80.1 cm³/mol. The number of nitriles is 1. The highest BCUT2D eigenvalue weighted by atomic mass is 16.3. The van der Waals surface area contributed by atoms with Gasteiger partial charge < -0.3 is 16.2 Å². The number of nitrogens with zero attached hydrogens (tertiary/aromatic N) is 1. The normalized spacial score (nSPS) is 11.6. The minimum Gasteiger partial charge on any atom is -0.399 e. The SMILES string of the molecule is N#Cc1cccc(NCCC(O)c2cccc(N)c2)c1. The summed E-state index contributed by atoms with van der Waals surface area (Å²) in [7, 11) is 0. The average Bonchev–Trinajstić information content (AvgIpc) is 2.47. The highest BCUT2D eigenvalue weighted by Gasteiger charge is 2.07. The predicted octanol–water partition coefficient (Wildman–Crippen LogP) is 2.68. The van der Waals surface area contributed by atoms with Crippen molar-refractivity contribution >= 4 is 11.4 Å². The van der Waals surface area contributed by atoms with Crippen molar-refractivity contribution in [2.75, 3.05) is 17.6 Å². The Bertz CT molecular complexity index is 619. The van der Waals surface area contributed by atoms with Gasteiger partial charge in [0.25, 0.3) is 0 Å². The number of rotatable bonds is 5. The first-order valence-corrected chi connectivity index (χ1v) is 6.46. The van der Waals surface area contributed by atoms with Crippen LogP contribution in [0.3, 0.4) is 0 Å². The van der Waals surface area contributed by atoms with Crippen LogP contribution in [0.5, 0.6) is 0 Å². The molecule has 0 aromatic heterocycles. The molecule has 0 saturated carbocycles. The lowest BCUT2D eigenvalue weighted by atomic mass is 10.1. The molecule has 0 aliphatic heterocycles. The van der Waals surface area contributed by atoms with E-state index in [1.807, 2.05) is 24.3 Å². The molecule has 0 bridgehead atoms. The summed E-state index contributed by atoms with van der Waals surface area (Å²) in [6.45, 7) is 0.616. The number of hydrogen-bond donors (Lipinski definition) is 3. The van der Waals surface area contributed by atoms with Crippen LogP contribution in [0.2, 0.25) is 0 Å². The fraction of sp³-hybridized carbons (Fsp3) is 0.188. The molecule has 4 nitrogen and oxygen atoms in total. The second-order valence-corrected chi connectivity index (χ2v) is 4.59. The van der Waals surface area contributed by atoms with Gasteiger partial charge in [0.05, 0.1) is 17.7 Å². The van der Waals surface area contributed by atoms with Gasteiger partial charge in [-0.1, -0.05) is 18.2 Å². The summed E-state index contributed by atoms with van der Waals surface area (Å²) < 4.78 is 0. The van der Waals surface area contributed by atoms with Gasteiger partial charge in [-0.15, -0.1) is 0 Å². The number of nitrogens with one attached hydrogen (secondary N) is 1. The number of nitrogens with two attached hydrogens (primary N) is 1. The van der Waals surface area contributed by atoms with E-state index in [9.17, 15) is 5.11 Å². The van der Waals surface area contributed by atoms with Gasteiger partial charge in [0.1, 0.15) is 0 Å². The molecule has 1 unspecified atom stereocenters. The van der Waals surface area contributed by atoms with Crippen LogP contribution in [0.4, 0.5) is 11.4 Å². The lowest BCUT2D eigenvalue weighted by Crippen LogP contribution is -2.08. The standard InChI is InChI=1S/C16H17N3O/c17-11-12-3-1-6-15(9-12)19-8-7-16(20)13-4-2-5-14(18)10-13/h1-6,9-10,16,19-20H,7-8,18H2. The zero-order chi connectivity index (χ0) is 14.4. The summed E-state index contributed by atoms with van der Waals surface area (Å²) in [5, 5.41) is 22.1. The zero-order valence-electron chi connectivity index (χ0n) is 11.1. The van der Waals surface area contributed by atoms with Crippen LogP contribution in [0.25, 0.3) is 0 Å². The van der Waals surface area contributed by atoms with Crippen molar-refractivity contribution in [3.05, 3.63) is 59.7 Å². The fourth-order valence-corrected chi connectivity index (χ4v) is 1.98. The molecule has 2 aromatic rings. The molecule has 0 radical (unpaired) electrons. The van der Waals surface area contributed by atoms with Gasteiger partial charge in [0, 0.05) is 17.9 Å². The van der Waals surface area contributed by atoms with Crippen molar-refractivity contribution in [3.8, 4) is 6.07 Å². The first kappa shape index (κ1) is 13.9. The van der Waals surface area contributed by atoms with Crippen LogP contribution in [0.1, 0.15) is 23.7 Å². The van der Waals surface area contributed by atoms with Gasteiger partial charge in [0.2, 0.25) is 0 Å². The molecule has 1 atom stereocenters. The number of benzene rings is 2. The van der Waals surface area contributed by atoms with Crippen molar-refractivity contribution in [2.24, 2.45) is 0 Å². The van der Waals surface area contributed by atoms with Gasteiger partial charge in [-0.25, -0.2) is 0 Å². The molecule has 2 rings (SSSR count). The Hall–Kier alpha value is -2.51. The van der Waals surface area contributed by atoms with E-state index in [0.717, 1.165) is 11.3 Å². The number of hydrogen-bond acceptors (Lipinski definition) is 4. The molecule has 0 heterocycles. The zero-order valence-corrected chi connectivity index (χ0v) is 11.1. The number of anilines is 2. The quantitative estimate of drug-likeness (QED) is 0.727. The Balaban J connectivity index is 1.88. The molecule has 0 aliphatic rings. The van der Waals surface area contributed by atoms with Gasteiger partial charge in [-0.2, -0.15) is 5.26 Å². The summed E-state index contributed by atoms with van der Waals surface area (Å²) in [6, 6.07) is 16.6. The maximum absolute atomic E-state index is 10.1. The second kappa shape index (κ2) is 6.60. The monoisotopic (exact) mass is 267 g/mol. The van der Waals surface area contributed by atoms with Gasteiger partial charge >= 0.3 is 0 Å². The number of aliphatic hydroxyl groups is 1. The molecule has 0 spiro atoms. The maximum atomic E-state index is 10.1. The van der Waals surface area contributed by atoms with E-state index in [4.69, 9.17) is 11.0 Å². The maximum Gasteiger partial charge on any atom is 0.0992 e. The molecular weight excluding hydrogens is 250 g/mol. The van der Waals surface area contributed by atoms with Gasteiger partial charge in [0.15, 0.2) is 0 Å². The average molecular weight is 267 g/mol. The van der Waals surface area contributed by atoms with Crippen LogP contribution >= 0.6 is 0 Å². The third kappa shape index (κ3) is 3.74. The number of nitrogen functional groups attached to an aromatic ring is 1. The summed E-state index contributed by atoms with van der Waals surface area (Å²) in [4.78, 5) is 0. The van der Waals surface area contributed by atoms with E-state index in [1.165, 1.54) is 0 Å². The second-order valence-electron chi connectivity index (χ2n) is 4.59. The Kier molecular flexibility index (Phi) is 4.59. The number of aliphatic hydroxyl groups excluding tert-OH is 1. The van der Waals surface area contributed by atoms with Crippen molar-refractivity contribution in [1.29, 1.82) is 5.26 Å². The van der Waals surface area contributed by atoms with Crippen LogP contribution in [-0.4, -0.2) is 11.7 Å². The molecule has 0 amide bonds. The first-order chi connectivity index (χ1) is 9.69. The molecule has 102 valence electrons. The third-order valence-corrected chi connectivity index (χ3v) is 3.03. The molecule has 2 aromatic carbocycles. The van der Waals surface area contributed by atoms with E-state index in [0.29, 0.717) is 24.2 Å².